The third-order valence-electron chi connectivity index (χ3n) is 2.00. The number of nitrogens with one attached hydrogen (secondary N) is 1. The number of carbonyl (C=O) groups excluding carboxylic acids is 1. The number of esters is 1. The molecule has 1 rings (SSSR count). The molecule has 0 aliphatic carbocycles. The second-order valence-electron chi connectivity index (χ2n) is 4.86. The molecule has 0 atom stereocenters. The third kappa shape index (κ3) is 5.24. The number of rotatable bonds is 4. The summed E-state index contributed by atoms with van der Waals surface area (Å²) in [4.78, 5) is 15.5. The Morgan fingerprint density at radius 3 is 2.68 bits per heavy atom. The molecule has 4 N–H and O–H groups in total. The number of nitrogens with two attached hydrogens (primary N) is 1. The van der Waals surface area contributed by atoms with Crippen LogP contribution in [0.3, 0.4) is 0 Å². The summed E-state index contributed by atoms with van der Waals surface area (Å²) >= 11 is 0. The van der Waals surface area contributed by atoms with Crippen LogP contribution in [0, 0.1) is 0 Å². The zero-order valence-corrected chi connectivity index (χ0v) is 11.2. The van der Waals surface area contributed by atoms with Crippen LogP contribution in [0.2, 0.25) is 0 Å². The summed E-state index contributed by atoms with van der Waals surface area (Å²) in [6.07, 6.45) is 1.44. The van der Waals surface area contributed by atoms with Gasteiger partial charge < -0.3 is 21.0 Å². The minimum Gasteiger partial charge on any atom is -0.459 e. The average Bonchev–Trinajstić information content (AvgIpc) is 2.34. The van der Waals surface area contributed by atoms with Crippen molar-refractivity contribution in [3.05, 3.63) is 23.9 Å². The molecule has 7 heteroatoms. The fourth-order valence-corrected chi connectivity index (χ4v) is 1.25. The minimum absolute atomic E-state index is 0.0210. The van der Waals surface area contributed by atoms with E-state index in [1.165, 1.54) is 6.20 Å². The van der Waals surface area contributed by atoms with Crippen molar-refractivity contribution in [1.29, 1.82) is 0 Å². The van der Waals surface area contributed by atoms with Gasteiger partial charge >= 0.3 is 5.97 Å². The highest BCUT2D eigenvalue weighted by Crippen LogP contribution is 2.08. The molecule has 104 valence electrons. The van der Waals surface area contributed by atoms with Crippen LogP contribution in [0.15, 0.2) is 23.5 Å². The van der Waals surface area contributed by atoms with Gasteiger partial charge in [-0.15, -0.1) is 0 Å². The number of pyridine rings is 1. The van der Waals surface area contributed by atoms with Crippen LogP contribution < -0.4 is 11.1 Å². The molecule has 0 unspecified atom stereocenters. The van der Waals surface area contributed by atoms with Gasteiger partial charge in [0.1, 0.15) is 18.0 Å². The zero-order valence-electron chi connectivity index (χ0n) is 11.2. The van der Waals surface area contributed by atoms with Crippen LogP contribution in [0.5, 0.6) is 0 Å². The Bertz CT molecular complexity index is 463. The summed E-state index contributed by atoms with van der Waals surface area (Å²) < 4.78 is 5.14. The van der Waals surface area contributed by atoms with Gasteiger partial charge in [-0.1, -0.05) is 5.16 Å². The van der Waals surface area contributed by atoms with Gasteiger partial charge in [0.2, 0.25) is 0 Å². The molecule has 0 spiro atoms. The summed E-state index contributed by atoms with van der Waals surface area (Å²) in [5.74, 6) is 0.112. The molecule has 1 aromatic rings. The Balaban J connectivity index is 2.53. The Hall–Kier alpha value is -2.31. The number of ether oxygens (including phenoxy) is 1. The topological polar surface area (TPSA) is 110 Å². The molecule has 1 heterocycles. The van der Waals surface area contributed by atoms with Gasteiger partial charge in [0.15, 0.2) is 5.84 Å². The molecule has 0 aromatic carbocycles. The Morgan fingerprint density at radius 2 is 2.21 bits per heavy atom. The number of oxime groups is 1. The van der Waals surface area contributed by atoms with E-state index in [9.17, 15) is 4.79 Å². The summed E-state index contributed by atoms with van der Waals surface area (Å²) in [5.41, 5.74) is 5.38. The third-order valence-corrected chi connectivity index (χ3v) is 2.00. The standard InChI is InChI=1S/C12H18N4O3/c1-12(2,3)19-10(17)7-15-9-5-4-8(6-14-9)11(13)16-18/h4-6,18H,7H2,1-3H3,(H2,13,16)(H,14,15). The van der Waals surface area contributed by atoms with Crippen LogP contribution in [0.25, 0.3) is 0 Å². The molecule has 0 fully saturated rings. The molecule has 0 saturated carbocycles. The number of anilines is 1. The van der Waals surface area contributed by atoms with Crippen molar-refractivity contribution in [3.8, 4) is 0 Å². The zero-order chi connectivity index (χ0) is 14.5. The van der Waals surface area contributed by atoms with E-state index in [4.69, 9.17) is 15.7 Å². The molecular formula is C12H18N4O3. The van der Waals surface area contributed by atoms with E-state index in [0.29, 0.717) is 11.4 Å². The van der Waals surface area contributed by atoms with Crippen LogP contribution in [-0.2, 0) is 9.53 Å². The van der Waals surface area contributed by atoms with E-state index in [-0.39, 0.29) is 18.3 Å². The highest BCUT2D eigenvalue weighted by Gasteiger charge is 2.15. The lowest BCUT2D eigenvalue weighted by Crippen LogP contribution is -2.28. The van der Waals surface area contributed by atoms with E-state index >= 15 is 0 Å². The predicted molar refractivity (Wildman–Crippen MR) is 71.1 cm³/mol. The molecule has 0 radical (unpaired) electrons. The van der Waals surface area contributed by atoms with Crippen molar-refractivity contribution < 1.29 is 14.7 Å². The number of amidine groups is 1. The highest BCUT2D eigenvalue weighted by atomic mass is 16.6. The van der Waals surface area contributed by atoms with Gasteiger partial charge in [-0.2, -0.15) is 0 Å². The molecule has 0 aliphatic rings. The van der Waals surface area contributed by atoms with Crippen LogP contribution in [-0.4, -0.2) is 34.1 Å². The molecular weight excluding hydrogens is 248 g/mol. The fraction of sp³-hybridized carbons (Fsp3) is 0.417. The van der Waals surface area contributed by atoms with Crippen LogP contribution in [0.4, 0.5) is 5.82 Å². The van der Waals surface area contributed by atoms with Crippen molar-refractivity contribution in [2.24, 2.45) is 10.9 Å². The summed E-state index contributed by atoms with van der Waals surface area (Å²) in [6, 6.07) is 3.25. The second kappa shape index (κ2) is 6.03. The van der Waals surface area contributed by atoms with Crippen LogP contribution in [0.1, 0.15) is 26.3 Å². The van der Waals surface area contributed by atoms with Crippen molar-refractivity contribution in [2.45, 2.75) is 26.4 Å². The normalized spacial score (nSPS) is 12.1. The number of aromatic nitrogens is 1. The minimum atomic E-state index is -0.512. The van der Waals surface area contributed by atoms with Crippen molar-refractivity contribution >= 4 is 17.6 Å². The lowest BCUT2D eigenvalue weighted by molar-refractivity contribution is -0.152. The largest absolute Gasteiger partial charge is 0.459 e. The first-order valence-corrected chi connectivity index (χ1v) is 5.71. The summed E-state index contributed by atoms with van der Waals surface area (Å²) in [7, 11) is 0. The van der Waals surface area contributed by atoms with Crippen molar-refractivity contribution in [2.75, 3.05) is 11.9 Å². The van der Waals surface area contributed by atoms with E-state index in [0.717, 1.165) is 0 Å². The maximum atomic E-state index is 11.5. The fourth-order valence-electron chi connectivity index (χ4n) is 1.25. The van der Waals surface area contributed by atoms with Gasteiger partial charge in [-0.3, -0.25) is 4.79 Å². The van der Waals surface area contributed by atoms with E-state index in [1.54, 1.807) is 32.9 Å². The SMILES string of the molecule is CC(C)(C)OC(=O)CNc1ccc(/C(N)=N\O)cn1. The maximum absolute atomic E-state index is 11.5. The van der Waals surface area contributed by atoms with E-state index in [1.807, 2.05) is 0 Å². The number of nitrogens with zero attached hydrogens (tertiary/aromatic N) is 2. The summed E-state index contributed by atoms with van der Waals surface area (Å²) in [6.45, 7) is 5.42. The predicted octanol–water partition coefficient (Wildman–Crippen LogP) is 0.930. The lowest BCUT2D eigenvalue weighted by atomic mass is 10.2. The first-order valence-electron chi connectivity index (χ1n) is 5.71. The Kier molecular flexibility index (Phi) is 4.68. The molecule has 0 bridgehead atoms. The molecule has 7 nitrogen and oxygen atoms in total. The summed E-state index contributed by atoms with van der Waals surface area (Å²) in [5, 5.41) is 14.2. The first-order chi connectivity index (χ1) is 8.81. The highest BCUT2D eigenvalue weighted by molar-refractivity contribution is 5.96. The lowest BCUT2D eigenvalue weighted by Gasteiger charge is -2.19. The van der Waals surface area contributed by atoms with Crippen LogP contribution >= 0.6 is 0 Å². The van der Waals surface area contributed by atoms with Gasteiger partial charge in [-0.05, 0) is 32.9 Å². The monoisotopic (exact) mass is 266 g/mol. The van der Waals surface area contributed by atoms with Gasteiger partial charge in [0.25, 0.3) is 0 Å². The quantitative estimate of drug-likeness (QED) is 0.246. The molecule has 0 saturated heterocycles. The molecule has 19 heavy (non-hydrogen) atoms. The van der Waals surface area contributed by atoms with Crippen molar-refractivity contribution in [1.82, 2.24) is 4.98 Å². The van der Waals surface area contributed by atoms with Gasteiger partial charge in [0, 0.05) is 11.8 Å². The molecule has 0 aliphatic heterocycles. The Morgan fingerprint density at radius 1 is 1.53 bits per heavy atom. The van der Waals surface area contributed by atoms with E-state index < -0.39 is 5.60 Å². The molecule has 1 aromatic heterocycles. The maximum Gasteiger partial charge on any atom is 0.325 e. The second-order valence-corrected chi connectivity index (χ2v) is 4.86. The number of hydrogen-bond donors (Lipinski definition) is 3. The first kappa shape index (κ1) is 14.7. The Labute approximate surface area is 111 Å². The number of carbonyl (C=O) groups is 1. The number of hydrogen-bond acceptors (Lipinski definition) is 6. The van der Waals surface area contributed by atoms with Gasteiger partial charge in [-0.25, -0.2) is 4.98 Å². The van der Waals surface area contributed by atoms with Crippen molar-refractivity contribution in [3.63, 3.8) is 0 Å². The smallest absolute Gasteiger partial charge is 0.325 e. The average molecular weight is 266 g/mol. The van der Waals surface area contributed by atoms with Gasteiger partial charge in [0.05, 0.1) is 0 Å². The van der Waals surface area contributed by atoms with E-state index in [2.05, 4.69) is 15.5 Å². The molecule has 0 amide bonds.